The van der Waals surface area contributed by atoms with E-state index in [0.717, 1.165) is 74.8 Å². The van der Waals surface area contributed by atoms with Crippen LogP contribution >= 0.6 is 11.6 Å². The van der Waals surface area contributed by atoms with Gasteiger partial charge in [0.05, 0.1) is 30.1 Å². The number of aromatic amines is 1. The van der Waals surface area contributed by atoms with Crippen LogP contribution in [0.15, 0.2) is 30.5 Å². The lowest BCUT2D eigenvalue weighted by Crippen LogP contribution is -2.42. The Labute approximate surface area is 194 Å². The Bertz CT molecular complexity index is 1050. The molecule has 170 valence electrons. The number of aromatic nitrogens is 3. The van der Waals surface area contributed by atoms with E-state index in [1.165, 1.54) is 5.69 Å². The Morgan fingerprint density at radius 3 is 2.50 bits per heavy atom. The van der Waals surface area contributed by atoms with Gasteiger partial charge in [0.15, 0.2) is 5.65 Å². The number of rotatable bonds is 5. The maximum atomic E-state index is 6.56. The molecule has 2 aromatic heterocycles. The number of hydrogen-bond donors (Lipinski definition) is 2. The molecule has 2 aliphatic heterocycles. The molecule has 7 nitrogen and oxygen atoms in total. The van der Waals surface area contributed by atoms with Crippen molar-refractivity contribution in [1.29, 1.82) is 0 Å². The summed E-state index contributed by atoms with van der Waals surface area (Å²) in [7, 11) is 0. The summed E-state index contributed by atoms with van der Waals surface area (Å²) < 4.78 is 5.46. The third-order valence-corrected chi connectivity index (χ3v) is 6.89. The van der Waals surface area contributed by atoms with Crippen molar-refractivity contribution in [2.45, 2.75) is 38.8 Å². The molecule has 32 heavy (non-hydrogen) atoms. The van der Waals surface area contributed by atoms with Gasteiger partial charge in [-0.25, -0.2) is 9.97 Å². The second-order valence-electron chi connectivity index (χ2n) is 8.96. The van der Waals surface area contributed by atoms with Crippen LogP contribution in [0, 0.1) is 0 Å². The summed E-state index contributed by atoms with van der Waals surface area (Å²) in [5, 5.41) is 4.31. The lowest BCUT2D eigenvalue weighted by Gasteiger charge is -2.35. The molecular weight excluding hydrogens is 424 g/mol. The number of anilines is 2. The van der Waals surface area contributed by atoms with Gasteiger partial charge in [-0.2, -0.15) is 0 Å². The first-order valence-electron chi connectivity index (χ1n) is 11.6. The zero-order chi connectivity index (χ0) is 22.1. The highest BCUT2D eigenvalue weighted by molar-refractivity contribution is 6.34. The summed E-state index contributed by atoms with van der Waals surface area (Å²) in [5.74, 6) is 0.806. The first-order chi connectivity index (χ1) is 15.6. The fourth-order valence-corrected chi connectivity index (χ4v) is 4.83. The van der Waals surface area contributed by atoms with Gasteiger partial charge in [0, 0.05) is 49.5 Å². The number of halogens is 1. The lowest BCUT2D eigenvalue weighted by atomic mass is 10.0. The van der Waals surface area contributed by atoms with Gasteiger partial charge in [-0.3, -0.25) is 0 Å². The van der Waals surface area contributed by atoms with Crippen molar-refractivity contribution in [2.75, 3.05) is 49.6 Å². The number of pyridine rings is 1. The molecular formula is C24H31ClN6O. The summed E-state index contributed by atoms with van der Waals surface area (Å²) >= 11 is 6.56. The van der Waals surface area contributed by atoms with Crippen molar-refractivity contribution >= 4 is 34.1 Å². The second-order valence-corrected chi connectivity index (χ2v) is 9.37. The fraction of sp³-hybridized carbons (Fsp3) is 0.500. The van der Waals surface area contributed by atoms with Gasteiger partial charge in [-0.05, 0) is 51.0 Å². The molecule has 0 bridgehead atoms. The van der Waals surface area contributed by atoms with E-state index >= 15 is 0 Å². The largest absolute Gasteiger partial charge is 0.379 e. The second kappa shape index (κ2) is 9.25. The Hall–Kier alpha value is -2.35. The van der Waals surface area contributed by atoms with Crippen LogP contribution in [-0.4, -0.2) is 71.3 Å². The molecule has 0 atom stereocenters. The number of fused-ring (bicyclic) bond motifs is 1. The average molecular weight is 455 g/mol. The molecule has 0 spiro atoms. The minimum Gasteiger partial charge on any atom is -0.379 e. The van der Waals surface area contributed by atoms with Gasteiger partial charge in [-0.1, -0.05) is 11.6 Å². The molecule has 2 saturated heterocycles. The van der Waals surface area contributed by atoms with E-state index in [0.29, 0.717) is 22.8 Å². The molecule has 5 rings (SSSR count). The molecule has 0 saturated carbocycles. The predicted molar refractivity (Wildman–Crippen MR) is 131 cm³/mol. The molecule has 0 amide bonds. The van der Waals surface area contributed by atoms with Crippen LogP contribution in [-0.2, 0) is 4.74 Å². The van der Waals surface area contributed by atoms with Gasteiger partial charge < -0.3 is 24.8 Å². The number of hydrogen-bond acceptors (Lipinski definition) is 6. The average Bonchev–Trinajstić information content (AvgIpc) is 3.27. The van der Waals surface area contributed by atoms with Crippen LogP contribution in [0.5, 0.6) is 0 Å². The topological polar surface area (TPSA) is 69.3 Å². The third kappa shape index (κ3) is 4.42. The van der Waals surface area contributed by atoms with Gasteiger partial charge in [0.2, 0.25) is 0 Å². The number of H-pyrrole nitrogens is 1. The number of morpholine rings is 1. The summed E-state index contributed by atoms with van der Waals surface area (Å²) in [5.41, 5.74) is 4.71. The van der Waals surface area contributed by atoms with Gasteiger partial charge in [0.1, 0.15) is 11.3 Å². The Kier molecular flexibility index (Phi) is 6.22. The highest BCUT2D eigenvalue weighted by Gasteiger charge is 2.23. The zero-order valence-electron chi connectivity index (χ0n) is 18.8. The molecule has 8 heteroatoms. The van der Waals surface area contributed by atoms with Crippen LogP contribution < -0.4 is 10.2 Å². The third-order valence-electron chi connectivity index (χ3n) is 6.60. The summed E-state index contributed by atoms with van der Waals surface area (Å²) in [6, 6.07) is 9.51. The summed E-state index contributed by atoms with van der Waals surface area (Å²) in [6.07, 6.45) is 3.90. The van der Waals surface area contributed by atoms with E-state index in [4.69, 9.17) is 21.3 Å². The smallest absolute Gasteiger partial charge is 0.180 e. The number of piperidine rings is 1. The number of nitrogens with zero attached hydrogens (tertiary/aromatic N) is 4. The maximum absolute atomic E-state index is 6.56. The monoisotopic (exact) mass is 454 g/mol. The summed E-state index contributed by atoms with van der Waals surface area (Å²) in [4.78, 5) is 17.6. The van der Waals surface area contributed by atoms with Crippen LogP contribution in [0.3, 0.4) is 0 Å². The van der Waals surface area contributed by atoms with Crippen LogP contribution in [0.25, 0.3) is 22.6 Å². The standard InChI is InChI=1S/C24H31ClN6O/c1-16(2)30-9-7-18(8-10-30)27-21-20(25)15-26-24-22(21)28-23(29-24)17-3-5-19(6-4-17)31-11-13-32-14-12-31/h3-6,15-16,18H,7-14H2,1-2H3,(H2,26,27,28,29). The molecule has 4 heterocycles. The highest BCUT2D eigenvalue weighted by Crippen LogP contribution is 2.32. The fourth-order valence-electron chi connectivity index (χ4n) is 4.63. The van der Waals surface area contributed by atoms with Crippen LogP contribution in [0.1, 0.15) is 26.7 Å². The number of likely N-dealkylation sites (tertiary alicyclic amines) is 1. The van der Waals surface area contributed by atoms with E-state index in [2.05, 4.69) is 63.2 Å². The van der Waals surface area contributed by atoms with E-state index in [1.54, 1.807) is 6.20 Å². The van der Waals surface area contributed by atoms with E-state index in [9.17, 15) is 0 Å². The number of imidazole rings is 1. The molecule has 2 fully saturated rings. The van der Waals surface area contributed by atoms with Crippen molar-refractivity contribution in [3.63, 3.8) is 0 Å². The van der Waals surface area contributed by atoms with Crippen LogP contribution in [0.4, 0.5) is 11.4 Å². The molecule has 2 aliphatic rings. The predicted octanol–water partition coefficient (Wildman–Crippen LogP) is 4.40. The van der Waals surface area contributed by atoms with E-state index in [-0.39, 0.29) is 0 Å². The Morgan fingerprint density at radius 2 is 1.81 bits per heavy atom. The SMILES string of the molecule is CC(C)N1CCC(Nc2c(Cl)cnc3nc(-c4ccc(N5CCOCC5)cc4)[nH]c23)CC1. The van der Waals surface area contributed by atoms with E-state index in [1.807, 2.05) is 0 Å². The van der Waals surface area contributed by atoms with Crippen molar-refractivity contribution in [1.82, 2.24) is 19.9 Å². The van der Waals surface area contributed by atoms with Crippen molar-refractivity contribution in [2.24, 2.45) is 0 Å². The minimum atomic E-state index is 0.396. The highest BCUT2D eigenvalue weighted by atomic mass is 35.5. The molecule has 1 aromatic carbocycles. The minimum absolute atomic E-state index is 0.396. The quantitative estimate of drug-likeness (QED) is 0.595. The summed E-state index contributed by atoms with van der Waals surface area (Å²) in [6.45, 7) is 10.1. The normalized spacial score (nSPS) is 18.6. The lowest BCUT2D eigenvalue weighted by molar-refractivity contribution is 0.122. The molecule has 0 unspecified atom stereocenters. The van der Waals surface area contributed by atoms with Crippen molar-refractivity contribution in [3.8, 4) is 11.4 Å². The van der Waals surface area contributed by atoms with E-state index < -0.39 is 0 Å². The van der Waals surface area contributed by atoms with Crippen LogP contribution in [0.2, 0.25) is 5.02 Å². The van der Waals surface area contributed by atoms with Gasteiger partial charge in [-0.15, -0.1) is 0 Å². The number of benzene rings is 1. The number of ether oxygens (including phenoxy) is 1. The zero-order valence-corrected chi connectivity index (χ0v) is 19.5. The molecule has 0 aliphatic carbocycles. The maximum Gasteiger partial charge on any atom is 0.180 e. The molecule has 0 radical (unpaired) electrons. The van der Waals surface area contributed by atoms with Gasteiger partial charge >= 0.3 is 0 Å². The molecule has 2 N–H and O–H groups in total. The van der Waals surface area contributed by atoms with Gasteiger partial charge in [0.25, 0.3) is 0 Å². The Balaban J connectivity index is 1.36. The molecule has 3 aromatic rings. The first kappa shape index (κ1) is 21.5. The number of nitrogens with one attached hydrogen (secondary N) is 2. The van der Waals surface area contributed by atoms with Crippen molar-refractivity contribution in [3.05, 3.63) is 35.5 Å². The first-order valence-corrected chi connectivity index (χ1v) is 11.9. The van der Waals surface area contributed by atoms with Crippen molar-refractivity contribution < 1.29 is 4.74 Å². The Morgan fingerprint density at radius 1 is 1.09 bits per heavy atom.